The van der Waals surface area contributed by atoms with Crippen LogP contribution in [-0.2, 0) is 31.3 Å². The van der Waals surface area contributed by atoms with Gasteiger partial charge in [0.05, 0.1) is 27.7 Å². The fraction of sp³-hybridized carbons (Fsp3) is 0.317. The van der Waals surface area contributed by atoms with Crippen molar-refractivity contribution in [1.82, 2.24) is 0 Å². The van der Waals surface area contributed by atoms with Gasteiger partial charge in [-0.1, -0.05) is 56.3 Å². The molecule has 0 fully saturated rings. The molecule has 0 saturated carbocycles. The molecule has 10 nitrogen and oxygen atoms in total. The maximum absolute atomic E-state index is 12.7. The SMILES string of the molecule is CC1(C)C(=CC=C2CCCC(C=CC3=[N+](CCCCS(=O)(=O)O)c4ccccc4C3(C)C)=C2Oc2ccc(N=C=S)cc2)N(S(=O)(=O)[O-])c2ccccc21.[Na+]. The first-order chi connectivity index (χ1) is 25.5. The number of anilines is 1. The summed E-state index contributed by atoms with van der Waals surface area (Å²) in [6, 6.07) is 22.4. The van der Waals surface area contributed by atoms with Crippen LogP contribution < -0.4 is 38.6 Å². The van der Waals surface area contributed by atoms with E-state index >= 15 is 0 Å². The number of aliphatic imine (C=N–C) groups is 1. The molecule has 0 bridgehead atoms. The summed E-state index contributed by atoms with van der Waals surface area (Å²) in [5.74, 6) is 0.897. The third-order valence-electron chi connectivity index (χ3n) is 10.3. The molecule has 0 aromatic heterocycles. The van der Waals surface area contributed by atoms with Gasteiger partial charge in [-0.2, -0.15) is 18.0 Å². The van der Waals surface area contributed by atoms with Crippen molar-refractivity contribution in [2.24, 2.45) is 4.99 Å². The van der Waals surface area contributed by atoms with E-state index in [9.17, 15) is 25.9 Å². The molecule has 55 heavy (non-hydrogen) atoms. The molecular formula is C41H43N3NaO7S3+. The second-order valence-electron chi connectivity index (χ2n) is 14.6. The molecule has 0 radical (unpaired) electrons. The molecule has 3 aromatic carbocycles. The Kier molecular flexibility index (Phi) is 13.1. The first kappa shape index (κ1) is 42.6. The third-order valence-corrected chi connectivity index (χ3v) is 12.0. The molecule has 2 aliphatic heterocycles. The van der Waals surface area contributed by atoms with Crippen LogP contribution in [0, 0.1) is 0 Å². The van der Waals surface area contributed by atoms with Gasteiger partial charge in [-0.15, -0.1) is 0 Å². The van der Waals surface area contributed by atoms with Crippen LogP contribution in [0.25, 0.3) is 0 Å². The average molecular weight is 809 g/mol. The predicted molar refractivity (Wildman–Crippen MR) is 214 cm³/mol. The normalized spacial score (nSPS) is 19.1. The molecule has 3 aromatic rings. The standard InChI is InChI=1S/C41H43N3O7S3.Na/c1-40(2)33-14-5-7-16-35(33)43(26-9-10-27-53(45,46)47)37(40)24-18-29-12-11-13-30(39(29)51-32-22-20-31(21-23-32)42-28-52)19-25-38-41(3,4)34-15-6-8-17-36(34)44(38)54(48,49)50;/h5-8,14-25H,9-13,26-27H2,1-4H3,(H-,45,46,47,48,49,50);/q;+1. The molecule has 3 aliphatic rings. The molecule has 0 amide bonds. The van der Waals surface area contributed by atoms with Crippen LogP contribution in [0.3, 0.4) is 0 Å². The molecule has 1 N–H and O–H groups in total. The van der Waals surface area contributed by atoms with Gasteiger partial charge in [-0.05, 0) is 111 Å². The molecule has 1 aliphatic carbocycles. The van der Waals surface area contributed by atoms with E-state index in [2.05, 4.69) is 52.9 Å². The molecule has 14 heteroatoms. The van der Waals surface area contributed by atoms with Gasteiger partial charge >= 0.3 is 29.6 Å². The Balaban J connectivity index is 0.00000580. The number of isothiocyanates is 1. The van der Waals surface area contributed by atoms with Crippen LogP contribution in [0.1, 0.15) is 70.9 Å². The van der Waals surface area contributed by atoms with Gasteiger partial charge in [0.15, 0.2) is 16.0 Å². The van der Waals surface area contributed by atoms with Crippen molar-refractivity contribution in [3.63, 3.8) is 0 Å². The van der Waals surface area contributed by atoms with Gasteiger partial charge in [-0.25, -0.2) is 8.42 Å². The number of nitrogens with zero attached hydrogens (tertiary/aromatic N) is 3. The number of ether oxygens (including phenoxy) is 1. The van der Waals surface area contributed by atoms with E-state index in [0.717, 1.165) is 44.4 Å². The molecule has 0 atom stereocenters. The largest absolute Gasteiger partial charge is 1.00 e. The van der Waals surface area contributed by atoms with Crippen LogP contribution in [0.5, 0.6) is 5.75 Å². The number of hydrogen-bond donors (Lipinski definition) is 1. The number of benzene rings is 3. The third kappa shape index (κ3) is 9.23. The van der Waals surface area contributed by atoms with Crippen LogP contribution >= 0.6 is 12.2 Å². The van der Waals surface area contributed by atoms with E-state index in [-0.39, 0.29) is 40.7 Å². The summed E-state index contributed by atoms with van der Waals surface area (Å²) in [7, 11) is -8.94. The Labute approximate surface area is 351 Å². The molecule has 0 saturated heterocycles. The van der Waals surface area contributed by atoms with E-state index in [1.807, 2.05) is 44.2 Å². The van der Waals surface area contributed by atoms with Crippen molar-refractivity contribution in [3.8, 4) is 5.75 Å². The molecule has 6 rings (SSSR count). The minimum atomic E-state index is -4.88. The smallest absolute Gasteiger partial charge is 0.731 e. The van der Waals surface area contributed by atoms with E-state index in [1.165, 1.54) is 0 Å². The Morgan fingerprint density at radius 1 is 0.909 bits per heavy atom. The van der Waals surface area contributed by atoms with Gasteiger partial charge in [0, 0.05) is 35.2 Å². The predicted octanol–water partition coefficient (Wildman–Crippen LogP) is 5.61. The quantitative estimate of drug-likeness (QED) is 0.0623. The second-order valence-corrected chi connectivity index (χ2v) is 17.6. The van der Waals surface area contributed by atoms with Crippen molar-refractivity contribution >= 4 is 60.6 Å². The summed E-state index contributed by atoms with van der Waals surface area (Å²) in [6.07, 6.45) is 10.8. The summed E-state index contributed by atoms with van der Waals surface area (Å²) in [4.78, 5) is 4.04. The van der Waals surface area contributed by atoms with Crippen molar-refractivity contribution < 1.29 is 64.8 Å². The summed E-state index contributed by atoms with van der Waals surface area (Å²) in [5.41, 5.74) is 5.93. The maximum Gasteiger partial charge on any atom is 1.00 e. The van der Waals surface area contributed by atoms with Crippen molar-refractivity contribution in [2.45, 2.75) is 70.6 Å². The average Bonchev–Trinajstić information content (AvgIpc) is 3.48. The van der Waals surface area contributed by atoms with Crippen LogP contribution in [0.15, 0.2) is 125 Å². The summed E-state index contributed by atoms with van der Waals surface area (Å²) >= 11 is 4.76. The van der Waals surface area contributed by atoms with Gasteiger partial charge < -0.3 is 9.29 Å². The summed E-state index contributed by atoms with van der Waals surface area (Å²) < 4.78 is 79.9. The van der Waals surface area contributed by atoms with E-state index in [0.29, 0.717) is 60.8 Å². The van der Waals surface area contributed by atoms with Crippen molar-refractivity contribution in [1.29, 1.82) is 0 Å². The molecule has 0 unspecified atom stereocenters. The number of allylic oxidation sites excluding steroid dienone is 7. The number of para-hydroxylation sites is 2. The van der Waals surface area contributed by atoms with E-state index in [4.69, 9.17) is 17.0 Å². The number of unbranched alkanes of at least 4 members (excludes halogenated alkanes) is 1. The van der Waals surface area contributed by atoms with Gasteiger partial charge in [0.1, 0.15) is 18.1 Å². The van der Waals surface area contributed by atoms with Crippen LogP contribution in [-0.4, -0.2) is 53.7 Å². The zero-order valence-corrected chi connectivity index (χ0v) is 36.1. The van der Waals surface area contributed by atoms with Crippen LogP contribution in [0.2, 0.25) is 0 Å². The number of hydrogen-bond acceptors (Lipinski definition) is 8. The van der Waals surface area contributed by atoms with E-state index in [1.54, 1.807) is 42.5 Å². The fourth-order valence-electron chi connectivity index (χ4n) is 7.62. The zero-order chi connectivity index (χ0) is 38.9. The summed E-state index contributed by atoms with van der Waals surface area (Å²) in [6.45, 7) is 8.69. The first-order valence-electron chi connectivity index (χ1n) is 17.8. The van der Waals surface area contributed by atoms with Crippen molar-refractivity contribution in [2.75, 3.05) is 16.6 Å². The van der Waals surface area contributed by atoms with Gasteiger partial charge in [0.25, 0.3) is 10.1 Å². The Hall–Kier alpha value is -3.49. The van der Waals surface area contributed by atoms with Gasteiger partial charge in [-0.3, -0.25) is 8.86 Å². The summed E-state index contributed by atoms with van der Waals surface area (Å²) in [5, 5.41) is 2.37. The molecular weight excluding hydrogens is 766 g/mol. The monoisotopic (exact) mass is 808 g/mol. The zero-order valence-electron chi connectivity index (χ0n) is 31.7. The fourth-order valence-corrected chi connectivity index (χ4v) is 9.23. The van der Waals surface area contributed by atoms with E-state index < -0.39 is 25.8 Å². The van der Waals surface area contributed by atoms with Crippen molar-refractivity contribution in [3.05, 3.63) is 131 Å². The molecule has 2 heterocycles. The van der Waals surface area contributed by atoms with Crippen LogP contribution in [0.4, 0.5) is 17.1 Å². The minimum Gasteiger partial charge on any atom is -0.731 e. The second kappa shape index (κ2) is 16.9. The topological polar surface area (TPSA) is 139 Å². The number of thiocarbonyl (C=S) groups is 1. The number of rotatable bonds is 12. The molecule has 0 spiro atoms. The minimum absolute atomic E-state index is 0. The molecule has 282 valence electrons. The number of fused-ring (bicyclic) bond motifs is 2. The first-order valence-corrected chi connectivity index (χ1v) is 21.1. The van der Waals surface area contributed by atoms with Gasteiger partial charge in [0.2, 0.25) is 5.69 Å². The Morgan fingerprint density at radius 3 is 2.25 bits per heavy atom. The Bertz CT molecular complexity index is 2410. The Morgan fingerprint density at radius 2 is 1.58 bits per heavy atom. The maximum atomic E-state index is 12.7.